The van der Waals surface area contributed by atoms with Gasteiger partial charge in [-0.15, -0.1) is 0 Å². The molecule has 0 aliphatic heterocycles. The highest BCUT2D eigenvalue weighted by atomic mass is 19.4. The number of aromatic nitrogens is 2. The molecule has 1 aromatic heterocycles. The lowest BCUT2D eigenvalue weighted by atomic mass is 10.0. The number of alkyl halides is 3. The molecule has 24 heavy (non-hydrogen) atoms. The van der Waals surface area contributed by atoms with Gasteiger partial charge in [0.15, 0.2) is 0 Å². The van der Waals surface area contributed by atoms with Crippen LogP contribution in [0.4, 0.5) is 24.9 Å². The third-order valence-corrected chi connectivity index (χ3v) is 3.12. The summed E-state index contributed by atoms with van der Waals surface area (Å²) in [6.07, 6.45) is -4.70. The van der Waals surface area contributed by atoms with E-state index in [0.29, 0.717) is 5.56 Å². The Labute approximate surface area is 135 Å². The first-order chi connectivity index (χ1) is 11.2. The number of benzene rings is 1. The Morgan fingerprint density at radius 3 is 2.33 bits per heavy atom. The van der Waals surface area contributed by atoms with Crippen molar-refractivity contribution in [2.45, 2.75) is 19.5 Å². The lowest BCUT2D eigenvalue weighted by Crippen LogP contribution is -2.15. The fourth-order valence-corrected chi connectivity index (χ4v) is 2.14. The maximum atomic E-state index is 13.2. The fraction of sp³-hybridized carbons (Fsp3) is 0.267. The van der Waals surface area contributed by atoms with Gasteiger partial charge >= 0.3 is 12.1 Å². The Kier molecular flexibility index (Phi) is 4.91. The van der Waals surface area contributed by atoms with Gasteiger partial charge in [-0.1, -0.05) is 24.3 Å². The normalized spacial score (nSPS) is 11.3. The molecule has 6 nitrogen and oxygen atoms in total. The van der Waals surface area contributed by atoms with Crippen molar-refractivity contribution in [3.8, 4) is 11.3 Å². The maximum absolute atomic E-state index is 13.2. The van der Waals surface area contributed by atoms with Crippen molar-refractivity contribution >= 4 is 17.7 Å². The maximum Gasteiger partial charge on any atom is 0.422 e. The summed E-state index contributed by atoms with van der Waals surface area (Å²) in [4.78, 5) is 18.5. The van der Waals surface area contributed by atoms with Gasteiger partial charge in [0, 0.05) is 5.56 Å². The second kappa shape index (κ2) is 6.73. The Bertz CT molecular complexity index is 746. The molecule has 0 saturated heterocycles. The number of hydrogen-bond acceptors (Lipinski definition) is 6. The zero-order valence-corrected chi connectivity index (χ0v) is 12.7. The molecule has 0 amide bonds. The molecule has 0 spiro atoms. The summed E-state index contributed by atoms with van der Waals surface area (Å²) in [5, 5.41) is 0. The highest BCUT2D eigenvalue weighted by Crippen LogP contribution is 2.39. The van der Waals surface area contributed by atoms with Crippen LogP contribution in [0.25, 0.3) is 11.3 Å². The monoisotopic (exact) mass is 340 g/mol. The number of esters is 1. The Hall–Kier alpha value is -2.84. The van der Waals surface area contributed by atoms with E-state index in [1.807, 2.05) is 0 Å². The molecule has 1 heterocycles. The van der Waals surface area contributed by atoms with Gasteiger partial charge in [-0.05, 0) is 12.5 Å². The van der Waals surface area contributed by atoms with Crippen LogP contribution in [0.15, 0.2) is 24.3 Å². The molecule has 0 fully saturated rings. The highest BCUT2D eigenvalue weighted by Gasteiger charge is 2.38. The van der Waals surface area contributed by atoms with Crippen molar-refractivity contribution < 1.29 is 22.7 Å². The van der Waals surface area contributed by atoms with Crippen LogP contribution in [0, 0.1) is 0 Å². The Morgan fingerprint density at radius 2 is 1.79 bits per heavy atom. The molecule has 0 radical (unpaired) electrons. The summed E-state index contributed by atoms with van der Waals surface area (Å²) < 4.78 is 44.4. The number of hydrogen-bond donors (Lipinski definition) is 2. The van der Waals surface area contributed by atoms with Gasteiger partial charge < -0.3 is 16.2 Å². The van der Waals surface area contributed by atoms with Crippen molar-refractivity contribution in [1.29, 1.82) is 0 Å². The van der Waals surface area contributed by atoms with Gasteiger partial charge in [0.2, 0.25) is 5.95 Å². The highest BCUT2D eigenvalue weighted by molar-refractivity contribution is 5.74. The second-order valence-corrected chi connectivity index (χ2v) is 4.87. The van der Waals surface area contributed by atoms with Crippen LogP contribution in [0.1, 0.15) is 18.1 Å². The molecule has 1 aromatic carbocycles. The molecule has 0 unspecified atom stereocenters. The van der Waals surface area contributed by atoms with E-state index in [2.05, 4.69) is 9.97 Å². The van der Waals surface area contributed by atoms with Crippen LogP contribution in [0.2, 0.25) is 0 Å². The van der Waals surface area contributed by atoms with Crippen molar-refractivity contribution in [3.05, 3.63) is 35.4 Å². The first-order valence-electron chi connectivity index (χ1n) is 6.97. The third kappa shape index (κ3) is 3.92. The van der Waals surface area contributed by atoms with Crippen LogP contribution >= 0.6 is 0 Å². The van der Waals surface area contributed by atoms with Crippen molar-refractivity contribution in [3.63, 3.8) is 0 Å². The lowest BCUT2D eigenvalue weighted by Gasteiger charge is -2.14. The average Bonchev–Trinajstić information content (AvgIpc) is 2.45. The number of nitrogens with two attached hydrogens (primary N) is 2. The zero-order valence-electron chi connectivity index (χ0n) is 12.7. The first kappa shape index (κ1) is 17.5. The van der Waals surface area contributed by atoms with Crippen LogP contribution in [-0.4, -0.2) is 22.5 Å². The van der Waals surface area contributed by atoms with E-state index >= 15 is 0 Å². The topological polar surface area (TPSA) is 104 Å². The summed E-state index contributed by atoms with van der Waals surface area (Å²) in [5.74, 6) is -1.51. The van der Waals surface area contributed by atoms with Gasteiger partial charge in [-0.25, -0.2) is 4.98 Å². The number of carbonyl (C=O) groups excluding carboxylic acids is 1. The van der Waals surface area contributed by atoms with Gasteiger partial charge in [0.1, 0.15) is 11.4 Å². The first-order valence-corrected chi connectivity index (χ1v) is 6.97. The zero-order chi connectivity index (χ0) is 17.9. The van der Waals surface area contributed by atoms with E-state index < -0.39 is 29.2 Å². The summed E-state index contributed by atoms with van der Waals surface area (Å²) in [6.45, 7) is 1.94. The van der Waals surface area contributed by atoms with E-state index in [0.717, 1.165) is 0 Å². The van der Waals surface area contributed by atoms with Crippen LogP contribution in [0.5, 0.6) is 0 Å². The SMILES string of the molecule is CCOC(=O)Cc1ccc(-c2nc(N)nc(N)c2C(F)(F)F)cc1. The largest absolute Gasteiger partial charge is 0.466 e. The molecule has 0 atom stereocenters. The number of anilines is 2. The Morgan fingerprint density at radius 1 is 1.17 bits per heavy atom. The number of halogens is 3. The summed E-state index contributed by atoms with van der Waals surface area (Å²) in [6, 6.07) is 5.85. The summed E-state index contributed by atoms with van der Waals surface area (Å²) in [7, 11) is 0. The summed E-state index contributed by atoms with van der Waals surface area (Å²) >= 11 is 0. The minimum Gasteiger partial charge on any atom is -0.466 e. The number of ether oxygens (including phenoxy) is 1. The van der Waals surface area contributed by atoms with Crippen LogP contribution in [0.3, 0.4) is 0 Å². The van der Waals surface area contributed by atoms with Crippen molar-refractivity contribution in [2.24, 2.45) is 0 Å². The predicted molar refractivity (Wildman–Crippen MR) is 81.6 cm³/mol. The van der Waals surface area contributed by atoms with Crippen molar-refractivity contribution in [1.82, 2.24) is 9.97 Å². The molecule has 9 heteroatoms. The van der Waals surface area contributed by atoms with Gasteiger partial charge in [0.25, 0.3) is 0 Å². The molecule has 0 saturated carbocycles. The third-order valence-electron chi connectivity index (χ3n) is 3.12. The van der Waals surface area contributed by atoms with Gasteiger partial charge in [-0.3, -0.25) is 4.79 Å². The minimum absolute atomic E-state index is 0.0221. The molecule has 0 bridgehead atoms. The van der Waals surface area contributed by atoms with E-state index in [1.165, 1.54) is 24.3 Å². The number of rotatable bonds is 4. The summed E-state index contributed by atoms with van der Waals surface area (Å²) in [5.41, 5.74) is 9.98. The van der Waals surface area contributed by atoms with Gasteiger partial charge in [0.05, 0.1) is 18.7 Å². The smallest absolute Gasteiger partial charge is 0.422 e. The lowest BCUT2D eigenvalue weighted by molar-refractivity contribution is -0.142. The number of nitrogens with zero attached hydrogens (tertiary/aromatic N) is 2. The van der Waals surface area contributed by atoms with E-state index in [1.54, 1.807) is 6.92 Å². The van der Waals surface area contributed by atoms with Crippen LogP contribution < -0.4 is 11.5 Å². The number of carbonyl (C=O) groups is 1. The molecule has 128 valence electrons. The van der Waals surface area contributed by atoms with E-state index in [4.69, 9.17) is 16.2 Å². The molecular weight excluding hydrogens is 325 g/mol. The van der Waals surface area contributed by atoms with E-state index in [9.17, 15) is 18.0 Å². The minimum atomic E-state index is -4.73. The average molecular weight is 340 g/mol. The van der Waals surface area contributed by atoms with E-state index in [-0.39, 0.29) is 24.5 Å². The van der Waals surface area contributed by atoms with Crippen molar-refractivity contribution in [2.75, 3.05) is 18.1 Å². The quantitative estimate of drug-likeness (QED) is 0.829. The molecule has 2 aromatic rings. The predicted octanol–water partition coefficient (Wildman–Crippen LogP) is 2.43. The van der Waals surface area contributed by atoms with Crippen LogP contribution in [-0.2, 0) is 22.1 Å². The molecular formula is C15H15F3N4O2. The molecule has 4 N–H and O–H groups in total. The molecule has 0 aliphatic rings. The molecule has 0 aliphatic carbocycles. The Balaban J connectivity index is 2.40. The standard InChI is InChI=1S/C15H15F3N4O2/c1-2-24-10(23)7-8-3-5-9(6-4-8)12-11(15(16,17)18)13(19)22-14(20)21-12/h3-6H,2,7H2,1H3,(H4,19,20,21,22). The second-order valence-electron chi connectivity index (χ2n) is 4.87. The molecule has 2 rings (SSSR count). The van der Waals surface area contributed by atoms with Gasteiger partial charge in [-0.2, -0.15) is 18.2 Å². The number of nitrogen functional groups attached to an aromatic ring is 2. The fourth-order valence-electron chi connectivity index (χ4n) is 2.14.